The van der Waals surface area contributed by atoms with E-state index >= 15 is 0 Å². The minimum absolute atomic E-state index is 1.13. The van der Waals surface area contributed by atoms with E-state index in [1.807, 2.05) is 0 Å². The van der Waals surface area contributed by atoms with Gasteiger partial charge in [-0.15, -0.1) is 0 Å². The van der Waals surface area contributed by atoms with E-state index in [9.17, 15) is 0 Å². The monoisotopic (exact) mass is 425 g/mol. The fourth-order valence-corrected chi connectivity index (χ4v) is 1.80. The Labute approximate surface area is 116 Å². The van der Waals surface area contributed by atoms with Gasteiger partial charge >= 0.3 is 0 Å². The van der Waals surface area contributed by atoms with Crippen LogP contribution in [0.25, 0.3) is 0 Å². The summed E-state index contributed by atoms with van der Waals surface area (Å²) >= 11 is 4.74. The van der Waals surface area contributed by atoms with E-state index in [0.717, 1.165) is 32.7 Å². The van der Waals surface area contributed by atoms with Crippen molar-refractivity contribution in [3.63, 3.8) is 0 Å². The number of hydrogen-bond donors (Lipinski definition) is 0. The highest BCUT2D eigenvalue weighted by molar-refractivity contribution is 14.1. The Hall–Kier alpha value is 1.34. The van der Waals surface area contributed by atoms with Crippen LogP contribution in [0.15, 0.2) is 0 Å². The third kappa shape index (κ3) is 8.63. The van der Waals surface area contributed by atoms with Gasteiger partial charge < -0.3 is 4.90 Å². The lowest BCUT2D eigenvalue weighted by Gasteiger charge is -2.22. The summed E-state index contributed by atoms with van der Waals surface area (Å²) < 4.78 is 4.56. The summed E-state index contributed by atoms with van der Waals surface area (Å²) in [6, 6.07) is 0. The zero-order valence-corrected chi connectivity index (χ0v) is 13.7. The molecule has 0 fully saturated rings. The Morgan fingerprint density at radius 2 is 1.36 bits per heavy atom. The van der Waals surface area contributed by atoms with E-state index in [2.05, 4.69) is 77.8 Å². The molecule has 0 spiro atoms. The molecule has 0 saturated carbocycles. The van der Waals surface area contributed by atoms with E-state index < -0.39 is 0 Å². The van der Waals surface area contributed by atoms with Crippen molar-refractivity contribution >= 4 is 45.7 Å². The Morgan fingerprint density at radius 3 is 1.79 bits per heavy atom. The second-order valence-corrected chi connectivity index (χ2v) is 6.28. The molecule has 0 bridgehead atoms. The SMILES string of the molecule is CCN(CC)CCN(I)CCN(C)I. The number of nitrogens with zero attached hydrogens (tertiary/aromatic N) is 3. The van der Waals surface area contributed by atoms with E-state index in [1.165, 1.54) is 6.54 Å². The maximum Gasteiger partial charge on any atom is 0.0217 e. The fourth-order valence-electron chi connectivity index (χ4n) is 1.15. The van der Waals surface area contributed by atoms with Crippen LogP contribution in [-0.2, 0) is 0 Å². The molecular weight excluding hydrogens is 404 g/mol. The van der Waals surface area contributed by atoms with E-state index in [-0.39, 0.29) is 0 Å². The van der Waals surface area contributed by atoms with Crippen LogP contribution in [0, 0.1) is 0 Å². The van der Waals surface area contributed by atoms with Gasteiger partial charge in [-0.1, -0.05) is 13.8 Å². The van der Waals surface area contributed by atoms with Gasteiger partial charge in [-0.05, 0) is 20.1 Å². The molecule has 0 aliphatic heterocycles. The molecule has 5 heteroatoms. The van der Waals surface area contributed by atoms with Crippen molar-refractivity contribution in [3.05, 3.63) is 0 Å². The zero-order chi connectivity index (χ0) is 11.0. The fraction of sp³-hybridized carbons (Fsp3) is 1.00. The highest BCUT2D eigenvalue weighted by Crippen LogP contribution is 2.01. The summed E-state index contributed by atoms with van der Waals surface area (Å²) in [6.07, 6.45) is 0. The van der Waals surface area contributed by atoms with Gasteiger partial charge in [-0.3, -0.25) is 0 Å². The zero-order valence-electron chi connectivity index (χ0n) is 9.34. The van der Waals surface area contributed by atoms with E-state index in [4.69, 9.17) is 0 Å². The maximum atomic E-state index is 2.46. The van der Waals surface area contributed by atoms with Gasteiger partial charge in [0.05, 0.1) is 0 Å². The summed E-state index contributed by atoms with van der Waals surface area (Å²) in [5, 5.41) is 0. The molecule has 0 rings (SSSR count). The number of hydrogen-bond acceptors (Lipinski definition) is 3. The Bertz CT molecular complexity index is 129. The largest absolute Gasteiger partial charge is 0.303 e. The van der Waals surface area contributed by atoms with Gasteiger partial charge in [-0.2, -0.15) is 0 Å². The lowest BCUT2D eigenvalue weighted by molar-refractivity contribution is 0.282. The molecule has 0 N–H and O–H groups in total. The molecule has 86 valence electrons. The van der Waals surface area contributed by atoms with Gasteiger partial charge in [0.2, 0.25) is 0 Å². The normalized spacial score (nSPS) is 12.0. The standard InChI is InChI=1S/C9H21I2N3/c1-4-13(5-2)7-9-14(11)8-6-12(3)10/h4-9H2,1-3H3. The minimum atomic E-state index is 1.13. The van der Waals surface area contributed by atoms with Crippen LogP contribution in [-0.4, -0.2) is 57.4 Å². The minimum Gasteiger partial charge on any atom is -0.303 e. The van der Waals surface area contributed by atoms with Crippen molar-refractivity contribution in [2.24, 2.45) is 0 Å². The molecule has 0 atom stereocenters. The second kappa shape index (κ2) is 9.56. The molecule has 3 nitrogen and oxygen atoms in total. The van der Waals surface area contributed by atoms with Crippen LogP contribution >= 0.6 is 45.7 Å². The van der Waals surface area contributed by atoms with Crippen molar-refractivity contribution in [1.82, 2.24) is 11.1 Å². The summed E-state index contributed by atoms with van der Waals surface area (Å²) in [6.45, 7) is 11.4. The number of likely N-dealkylation sites (N-methyl/N-ethyl adjacent to an activating group) is 2. The molecule has 0 amide bonds. The van der Waals surface area contributed by atoms with Crippen LogP contribution in [0.1, 0.15) is 13.8 Å². The van der Waals surface area contributed by atoms with Crippen LogP contribution in [0.4, 0.5) is 0 Å². The first-order valence-electron chi connectivity index (χ1n) is 5.10. The summed E-state index contributed by atoms with van der Waals surface area (Å²) in [7, 11) is 2.11. The predicted octanol–water partition coefficient (Wildman–Crippen LogP) is 2.26. The number of rotatable bonds is 8. The predicted molar refractivity (Wildman–Crippen MR) is 80.0 cm³/mol. The molecule has 0 aromatic carbocycles. The highest BCUT2D eigenvalue weighted by Gasteiger charge is 2.04. The maximum absolute atomic E-state index is 2.46. The molecule has 0 radical (unpaired) electrons. The van der Waals surface area contributed by atoms with Crippen molar-refractivity contribution in [2.45, 2.75) is 13.8 Å². The van der Waals surface area contributed by atoms with Crippen molar-refractivity contribution in [2.75, 3.05) is 46.3 Å². The van der Waals surface area contributed by atoms with Crippen molar-refractivity contribution in [1.29, 1.82) is 0 Å². The average molecular weight is 425 g/mol. The topological polar surface area (TPSA) is 9.72 Å². The first-order valence-corrected chi connectivity index (χ1v) is 7.03. The van der Waals surface area contributed by atoms with Gasteiger partial charge in [0.1, 0.15) is 0 Å². The Morgan fingerprint density at radius 1 is 0.857 bits per heavy atom. The van der Waals surface area contributed by atoms with Crippen molar-refractivity contribution in [3.8, 4) is 0 Å². The molecule has 0 unspecified atom stereocenters. The van der Waals surface area contributed by atoms with E-state index in [0.29, 0.717) is 0 Å². The molecule has 0 aliphatic carbocycles. The first-order chi connectivity index (χ1) is 6.60. The Balaban J connectivity index is 3.46. The average Bonchev–Trinajstić information content (AvgIpc) is 2.16. The third-order valence-electron chi connectivity index (χ3n) is 2.20. The lowest BCUT2D eigenvalue weighted by atomic mass is 10.4. The molecule has 0 saturated heterocycles. The second-order valence-electron chi connectivity index (χ2n) is 3.27. The van der Waals surface area contributed by atoms with Crippen LogP contribution in [0.2, 0.25) is 0 Å². The third-order valence-corrected chi connectivity index (χ3v) is 3.65. The smallest absolute Gasteiger partial charge is 0.0217 e. The quantitative estimate of drug-likeness (QED) is 0.437. The summed E-state index contributed by atoms with van der Waals surface area (Å²) in [4.78, 5) is 2.46. The number of halogens is 2. The first kappa shape index (κ1) is 15.3. The molecule has 0 aromatic heterocycles. The van der Waals surface area contributed by atoms with Crippen molar-refractivity contribution < 1.29 is 0 Å². The van der Waals surface area contributed by atoms with Crippen LogP contribution in [0.3, 0.4) is 0 Å². The molecule has 0 aliphatic rings. The van der Waals surface area contributed by atoms with Gasteiger partial charge in [0.15, 0.2) is 0 Å². The van der Waals surface area contributed by atoms with E-state index in [1.54, 1.807) is 0 Å². The summed E-state index contributed by atoms with van der Waals surface area (Å²) in [5.74, 6) is 0. The Kier molecular flexibility index (Phi) is 10.5. The molecular formula is C9H21I2N3. The van der Waals surface area contributed by atoms with Crippen LogP contribution < -0.4 is 0 Å². The van der Waals surface area contributed by atoms with Crippen LogP contribution in [0.5, 0.6) is 0 Å². The molecule has 0 aromatic rings. The molecule has 0 heterocycles. The molecule has 14 heavy (non-hydrogen) atoms. The lowest BCUT2D eigenvalue weighted by Crippen LogP contribution is -2.32. The van der Waals surface area contributed by atoms with Gasteiger partial charge in [0, 0.05) is 71.9 Å². The summed E-state index contributed by atoms with van der Waals surface area (Å²) in [5.41, 5.74) is 0. The van der Waals surface area contributed by atoms with Gasteiger partial charge in [-0.25, -0.2) is 6.23 Å². The highest BCUT2D eigenvalue weighted by atomic mass is 127. The van der Waals surface area contributed by atoms with Gasteiger partial charge in [0.25, 0.3) is 0 Å².